The van der Waals surface area contributed by atoms with E-state index in [9.17, 15) is 22.0 Å². The van der Waals surface area contributed by atoms with Crippen LogP contribution < -0.4 is 9.62 Å². The molecular weight excluding hydrogens is 434 g/mol. The van der Waals surface area contributed by atoms with Gasteiger partial charge in [0.05, 0.1) is 10.6 Å². The number of benzene rings is 3. The van der Waals surface area contributed by atoms with Crippen molar-refractivity contribution in [1.82, 2.24) is 5.32 Å². The molecule has 168 valence electrons. The first-order valence-electron chi connectivity index (χ1n) is 10.1. The monoisotopic (exact) mass is 458 g/mol. The zero-order valence-electron chi connectivity index (χ0n) is 17.6. The number of nitrogens with one attached hydrogen (secondary N) is 1. The summed E-state index contributed by atoms with van der Waals surface area (Å²) in [5, 5.41) is 2.68. The summed E-state index contributed by atoms with van der Waals surface area (Å²) in [6.07, 6.45) is 1.21. The van der Waals surface area contributed by atoms with Crippen molar-refractivity contribution < 1.29 is 22.0 Å². The summed E-state index contributed by atoms with van der Waals surface area (Å²) < 4.78 is 54.7. The van der Waals surface area contributed by atoms with Crippen LogP contribution in [0.4, 0.5) is 14.5 Å². The summed E-state index contributed by atoms with van der Waals surface area (Å²) in [4.78, 5) is 12.5. The van der Waals surface area contributed by atoms with Crippen LogP contribution in [0, 0.1) is 18.6 Å². The van der Waals surface area contributed by atoms with Gasteiger partial charge in [-0.2, -0.15) is 0 Å². The van der Waals surface area contributed by atoms with E-state index < -0.39 is 28.3 Å². The first-order valence-corrected chi connectivity index (χ1v) is 11.6. The van der Waals surface area contributed by atoms with Crippen LogP contribution in [0.2, 0.25) is 0 Å². The van der Waals surface area contributed by atoms with Crippen molar-refractivity contribution >= 4 is 21.6 Å². The van der Waals surface area contributed by atoms with Crippen LogP contribution >= 0.6 is 0 Å². The molecule has 0 fully saturated rings. The second-order valence-corrected chi connectivity index (χ2v) is 9.22. The predicted octanol–water partition coefficient (Wildman–Crippen LogP) is 4.22. The van der Waals surface area contributed by atoms with Gasteiger partial charge in [-0.1, -0.05) is 42.0 Å². The van der Waals surface area contributed by atoms with E-state index in [-0.39, 0.29) is 16.4 Å². The first kappa shape index (κ1) is 23.4. The lowest BCUT2D eigenvalue weighted by Crippen LogP contribution is -2.41. The molecule has 0 bridgehead atoms. The fourth-order valence-electron chi connectivity index (χ4n) is 3.15. The van der Waals surface area contributed by atoms with Gasteiger partial charge in [-0.05, 0) is 61.7 Å². The van der Waals surface area contributed by atoms with E-state index in [2.05, 4.69) is 5.32 Å². The van der Waals surface area contributed by atoms with E-state index in [0.29, 0.717) is 19.4 Å². The number of rotatable bonds is 9. The Hall–Kier alpha value is -3.26. The Morgan fingerprint density at radius 2 is 1.59 bits per heavy atom. The zero-order valence-corrected chi connectivity index (χ0v) is 18.4. The maximum absolute atomic E-state index is 14.5. The molecule has 0 unspecified atom stereocenters. The predicted molar refractivity (Wildman–Crippen MR) is 120 cm³/mol. The summed E-state index contributed by atoms with van der Waals surface area (Å²) in [6, 6.07) is 17.7. The van der Waals surface area contributed by atoms with Crippen molar-refractivity contribution in [2.75, 3.05) is 17.4 Å². The van der Waals surface area contributed by atoms with Gasteiger partial charge in [-0.15, -0.1) is 0 Å². The van der Waals surface area contributed by atoms with Gasteiger partial charge in [-0.3, -0.25) is 9.10 Å². The van der Waals surface area contributed by atoms with Crippen molar-refractivity contribution in [2.24, 2.45) is 0 Å². The highest BCUT2D eigenvalue weighted by Crippen LogP contribution is 2.26. The van der Waals surface area contributed by atoms with Crippen LogP contribution in [-0.2, 0) is 21.2 Å². The highest BCUT2D eigenvalue weighted by Gasteiger charge is 2.29. The number of sulfonamides is 1. The van der Waals surface area contributed by atoms with Crippen molar-refractivity contribution in [3.63, 3.8) is 0 Å². The number of anilines is 1. The fourth-order valence-corrected chi connectivity index (χ4v) is 4.58. The number of para-hydroxylation sites is 1. The smallest absolute Gasteiger partial charge is 0.264 e. The molecule has 32 heavy (non-hydrogen) atoms. The lowest BCUT2D eigenvalue weighted by atomic mass is 10.1. The minimum atomic E-state index is -4.17. The van der Waals surface area contributed by atoms with Crippen LogP contribution in [0.1, 0.15) is 17.5 Å². The normalized spacial score (nSPS) is 11.2. The molecule has 5 nitrogen and oxygen atoms in total. The summed E-state index contributed by atoms with van der Waals surface area (Å²) in [6.45, 7) is 1.56. The first-order chi connectivity index (χ1) is 15.3. The number of carbonyl (C=O) groups is 1. The molecular formula is C24H24F2N2O3S. The molecule has 0 aromatic heterocycles. The Kier molecular flexibility index (Phi) is 7.58. The Morgan fingerprint density at radius 1 is 0.938 bits per heavy atom. The molecule has 0 saturated carbocycles. The molecule has 1 amide bonds. The maximum atomic E-state index is 14.5. The largest absolute Gasteiger partial charge is 0.355 e. The zero-order chi connectivity index (χ0) is 23.1. The summed E-state index contributed by atoms with van der Waals surface area (Å²) >= 11 is 0. The highest BCUT2D eigenvalue weighted by molar-refractivity contribution is 7.92. The highest BCUT2D eigenvalue weighted by atomic mass is 32.2. The van der Waals surface area contributed by atoms with Gasteiger partial charge < -0.3 is 5.32 Å². The van der Waals surface area contributed by atoms with Crippen molar-refractivity contribution in [3.05, 3.63) is 95.6 Å². The van der Waals surface area contributed by atoms with Crippen LogP contribution in [0.25, 0.3) is 0 Å². The molecule has 0 aliphatic heterocycles. The Bertz CT molecular complexity index is 1160. The van der Waals surface area contributed by atoms with E-state index in [1.165, 1.54) is 42.5 Å². The minimum Gasteiger partial charge on any atom is -0.355 e. The molecule has 8 heteroatoms. The Balaban J connectivity index is 1.71. The van der Waals surface area contributed by atoms with Gasteiger partial charge in [0, 0.05) is 6.54 Å². The van der Waals surface area contributed by atoms with Crippen LogP contribution in [0.5, 0.6) is 0 Å². The molecule has 0 heterocycles. The van der Waals surface area contributed by atoms with E-state index >= 15 is 0 Å². The standard InChI is InChI=1S/C24H24F2N2O3S/c1-18-8-14-21(15-9-18)32(30,31)28(23-7-3-2-6-22(23)26)17-24(29)27-16-4-5-19-10-12-20(25)13-11-19/h2-3,6-15H,4-5,16-17H2,1H3,(H,27,29). The van der Waals surface area contributed by atoms with Gasteiger partial charge in [0.2, 0.25) is 5.91 Å². The van der Waals surface area contributed by atoms with Crippen LogP contribution in [-0.4, -0.2) is 27.4 Å². The number of halogens is 2. The van der Waals surface area contributed by atoms with E-state index in [1.807, 2.05) is 6.92 Å². The third kappa shape index (κ3) is 5.91. The number of hydrogen-bond acceptors (Lipinski definition) is 3. The molecule has 3 rings (SSSR count). The average molecular weight is 459 g/mol. The average Bonchev–Trinajstić information content (AvgIpc) is 2.77. The maximum Gasteiger partial charge on any atom is 0.264 e. The van der Waals surface area contributed by atoms with Crippen LogP contribution in [0.15, 0.2) is 77.7 Å². The third-order valence-electron chi connectivity index (χ3n) is 4.89. The van der Waals surface area contributed by atoms with E-state index in [1.54, 1.807) is 24.3 Å². The van der Waals surface area contributed by atoms with Crippen molar-refractivity contribution in [3.8, 4) is 0 Å². The molecule has 3 aromatic carbocycles. The summed E-state index contributed by atoms with van der Waals surface area (Å²) in [5.74, 6) is -1.61. The summed E-state index contributed by atoms with van der Waals surface area (Å²) in [7, 11) is -4.17. The number of carbonyl (C=O) groups excluding carboxylic acids is 1. The van der Waals surface area contributed by atoms with Gasteiger partial charge >= 0.3 is 0 Å². The van der Waals surface area contributed by atoms with Crippen LogP contribution in [0.3, 0.4) is 0 Å². The number of hydrogen-bond donors (Lipinski definition) is 1. The molecule has 0 aliphatic carbocycles. The fraction of sp³-hybridized carbons (Fsp3) is 0.208. The van der Waals surface area contributed by atoms with Crippen molar-refractivity contribution in [1.29, 1.82) is 0 Å². The quantitative estimate of drug-likeness (QED) is 0.489. The molecule has 0 atom stereocenters. The molecule has 0 radical (unpaired) electrons. The minimum absolute atomic E-state index is 0.0320. The van der Waals surface area contributed by atoms with Gasteiger partial charge in [0.25, 0.3) is 10.0 Å². The number of nitrogens with zero attached hydrogens (tertiary/aromatic N) is 1. The topological polar surface area (TPSA) is 66.5 Å². The number of aryl methyl sites for hydroxylation is 2. The molecule has 0 aliphatic rings. The molecule has 3 aromatic rings. The lowest BCUT2D eigenvalue weighted by Gasteiger charge is -2.24. The Labute approximate surface area is 186 Å². The molecule has 0 saturated heterocycles. The van der Waals surface area contributed by atoms with E-state index in [0.717, 1.165) is 21.5 Å². The third-order valence-corrected chi connectivity index (χ3v) is 6.67. The SMILES string of the molecule is Cc1ccc(S(=O)(=O)N(CC(=O)NCCCc2ccc(F)cc2)c2ccccc2F)cc1. The molecule has 0 spiro atoms. The van der Waals surface area contributed by atoms with Gasteiger partial charge in [0.1, 0.15) is 18.2 Å². The Morgan fingerprint density at radius 3 is 2.25 bits per heavy atom. The second kappa shape index (κ2) is 10.4. The van der Waals surface area contributed by atoms with E-state index in [4.69, 9.17) is 0 Å². The van der Waals surface area contributed by atoms with Crippen molar-refractivity contribution in [2.45, 2.75) is 24.7 Å². The molecule has 1 N–H and O–H groups in total. The summed E-state index contributed by atoms with van der Waals surface area (Å²) in [5.41, 5.74) is 1.60. The second-order valence-electron chi connectivity index (χ2n) is 7.36. The lowest BCUT2D eigenvalue weighted by molar-refractivity contribution is -0.119. The number of amides is 1. The van der Waals surface area contributed by atoms with Gasteiger partial charge in [-0.25, -0.2) is 17.2 Å². The van der Waals surface area contributed by atoms with Gasteiger partial charge in [0.15, 0.2) is 0 Å².